The summed E-state index contributed by atoms with van der Waals surface area (Å²) in [5.74, 6) is 2.45. The second-order valence-electron chi connectivity index (χ2n) is 6.77. The zero-order chi connectivity index (χ0) is 15.2. The van der Waals surface area contributed by atoms with Crippen LogP contribution in [0.5, 0.6) is 0 Å². The molecule has 2 aliphatic carbocycles. The Kier molecular flexibility index (Phi) is 8.49. The minimum atomic E-state index is 0. The molecule has 3 N–H and O–H groups in total. The second-order valence-corrected chi connectivity index (χ2v) is 6.77. The number of amides is 1. The fourth-order valence-electron chi connectivity index (χ4n) is 2.99. The van der Waals surface area contributed by atoms with E-state index in [4.69, 9.17) is 0 Å². The Morgan fingerprint density at radius 2 is 1.59 bits per heavy atom. The van der Waals surface area contributed by atoms with Crippen molar-refractivity contribution in [1.29, 1.82) is 0 Å². The Labute approximate surface area is 151 Å². The molecular weight excluding hydrogens is 391 g/mol. The minimum absolute atomic E-state index is 0. The summed E-state index contributed by atoms with van der Waals surface area (Å²) in [6, 6.07) is 0.901. The van der Waals surface area contributed by atoms with Crippen LogP contribution in [0.15, 0.2) is 4.99 Å². The van der Waals surface area contributed by atoms with Gasteiger partial charge in [0.1, 0.15) is 0 Å². The molecule has 0 spiro atoms. The first-order valence-electron chi connectivity index (χ1n) is 8.35. The summed E-state index contributed by atoms with van der Waals surface area (Å²) in [6.45, 7) is 4.94. The Morgan fingerprint density at radius 1 is 1.05 bits per heavy atom. The van der Waals surface area contributed by atoms with Crippen LogP contribution in [0.2, 0.25) is 0 Å². The van der Waals surface area contributed by atoms with Gasteiger partial charge in [0.15, 0.2) is 5.96 Å². The van der Waals surface area contributed by atoms with Gasteiger partial charge in [-0.05, 0) is 50.4 Å². The van der Waals surface area contributed by atoms with Gasteiger partial charge in [0.2, 0.25) is 5.91 Å². The molecule has 1 amide bonds. The molecule has 2 rings (SSSR count). The molecule has 0 aromatic carbocycles. The van der Waals surface area contributed by atoms with Gasteiger partial charge in [-0.15, -0.1) is 24.0 Å². The average molecular weight is 422 g/mol. The van der Waals surface area contributed by atoms with Crippen LogP contribution in [0.3, 0.4) is 0 Å². The van der Waals surface area contributed by atoms with Crippen molar-refractivity contribution in [3.05, 3.63) is 0 Å². The summed E-state index contributed by atoms with van der Waals surface area (Å²) in [6.07, 6.45) is 7.20. The van der Waals surface area contributed by atoms with Crippen molar-refractivity contribution in [2.24, 2.45) is 16.8 Å². The molecular formula is C16H31IN4O. The third kappa shape index (κ3) is 6.71. The molecule has 0 unspecified atom stereocenters. The van der Waals surface area contributed by atoms with E-state index in [9.17, 15) is 4.79 Å². The third-order valence-corrected chi connectivity index (χ3v) is 4.64. The van der Waals surface area contributed by atoms with Crippen molar-refractivity contribution in [3.63, 3.8) is 0 Å². The summed E-state index contributed by atoms with van der Waals surface area (Å²) in [5, 5.41) is 9.53. The molecule has 0 heterocycles. The van der Waals surface area contributed by atoms with E-state index in [0.717, 1.165) is 30.6 Å². The minimum Gasteiger partial charge on any atom is -0.354 e. The van der Waals surface area contributed by atoms with Crippen LogP contribution in [0, 0.1) is 11.8 Å². The largest absolute Gasteiger partial charge is 0.354 e. The molecule has 2 aliphatic rings. The lowest BCUT2D eigenvalue weighted by atomic mass is 9.80. The number of nitrogens with zero attached hydrogens (tertiary/aromatic N) is 1. The summed E-state index contributed by atoms with van der Waals surface area (Å²) in [4.78, 5) is 15.9. The van der Waals surface area contributed by atoms with Crippen molar-refractivity contribution in [2.75, 3.05) is 13.6 Å². The van der Waals surface area contributed by atoms with Crippen LogP contribution in [0.4, 0.5) is 0 Å². The zero-order valence-corrected chi connectivity index (χ0v) is 16.4. The first kappa shape index (κ1) is 19.5. The number of hydrogen-bond acceptors (Lipinski definition) is 2. The van der Waals surface area contributed by atoms with Gasteiger partial charge in [-0.2, -0.15) is 0 Å². The molecule has 0 aliphatic heterocycles. The maximum Gasteiger partial charge on any atom is 0.239 e. The van der Waals surface area contributed by atoms with Crippen LogP contribution in [0.25, 0.3) is 0 Å². The highest BCUT2D eigenvalue weighted by Crippen LogP contribution is 2.29. The maximum absolute atomic E-state index is 11.7. The lowest BCUT2D eigenvalue weighted by Crippen LogP contribution is -2.48. The highest BCUT2D eigenvalue weighted by Gasteiger charge is 2.25. The molecule has 22 heavy (non-hydrogen) atoms. The molecule has 0 atom stereocenters. The number of carbonyl (C=O) groups is 1. The van der Waals surface area contributed by atoms with E-state index < -0.39 is 0 Å². The number of nitrogens with one attached hydrogen (secondary N) is 3. The van der Waals surface area contributed by atoms with Crippen molar-refractivity contribution in [1.82, 2.24) is 16.0 Å². The predicted octanol–water partition coefficient (Wildman–Crippen LogP) is 2.26. The number of rotatable bonds is 5. The quantitative estimate of drug-likeness (QED) is 0.362. The Balaban J connectivity index is 0.00000242. The SMILES string of the molecule is CN=C(NCC(=O)NC1CC1)NC1CCC(C(C)C)CC1.I. The molecule has 0 aromatic heterocycles. The maximum atomic E-state index is 11.7. The second kappa shape index (κ2) is 9.57. The van der Waals surface area contributed by atoms with Gasteiger partial charge in [-0.3, -0.25) is 9.79 Å². The van der Waals surface area contributed by atoms with E-state index in [-0.39, 0.29) is 29.9 Å². The molecule has 0 aromatic rings. The molecule has 2 fully saturated rings. The van der Waals surface area contributed by atoms with Crippen molar-refractivity contribution in [3.8, 4) is 0 Å². The van der Waals surface area contributed by atoms with Crippen LogP contribution < -0.4 is 16.0 Å². The molecule has 0 radical (unpaired) electrons. The van der Waals surface area contributed by atoms with E-state index in [1.807, 2.05) is 0 Å². The number of guanidine groups is 1. The Bertz CT molecular complexity index is 374. The summed E-state index contributed by atoms with van der Waals surface area (Å²) in [7, 11) is 1.76. The average Bonchev–Trinajstić information content (AvgIpc) is 3.27. The van der Waals surface area contributed by atoms with Gasteiger partial charge >= 0.3 is 0 Å². The summed E-state index contributed by atoms with van der Waals surface area (Å²) in [5.41, 5.74) is 0. The van der Waals surface area contributed by atoms with Gasteiger partial charge in [0, 0.05) is 19.1 Å². The Morgan fingerprint density at radius 3 is 2.09 bits per heavy atom. The zero-order valence-electron chi connectivity index (χ0n) is 14.0. The fourth-order valence-corrected chi connectivity index (χ4v) is 2.99. The molecule has 0 bridgehead atoms. The Hall–Kier alpha value is -0.530. The standard InChI is InChI=1S/C16H30N4O.HI/c1-11(2)12-4-6-14(7-5-12)20-16(17-3)18-10-15(21)19-13-8-9-13;/h11-14H,4-10H2,1-3H3,(H,19,21)(H2,17,18,20);1H. The molecule has 128 valence electrons. The summed E-state index contributed by atoms with van der Waals surface area (Å²) >= 11 is 0. The molecule has 5 nitrogen and oxygen atoms in total. The van der Waals surface area contributed by atoms with E-state index in [2.05, 4.69) is 34.8 Å². The molecule has 6 heteroatoms. The normalized spacial score (nSPS) is 25.4. The van der Waals surface area contributed by atoms with E-state index in [1.54, 1.807) is 7.05 Å². The topological polar surface area (TPSA) is 65.5 Å². The fraction of sp³-hybridized carbons (Fsp3) is 0.875. The highest BCUT2D eigenvalue weighted by atomic mass is 127. The third-order valence-electron chi connectivity index (χ3n) is 4.64. The number of carbonyl (C=O) groups excluding carboxylic acids is 1. The smallest absolute Gasteiger partial charge is 0.239 e. The van der Waals surface area contributed by atoms with Crippen LogP contribution in [0.1, 0.15) is 52.4 Å². The van der Waals surface area contributed by atoms with Crippen molar-refractivity contribution < 1.29 is 4.79 Å². The predicted molar refractivity (Wildman–Crippen MR) is 102 cm³/mol. The molecule has 2 saturated carbocycles. The van der Waals surface area contributed by atoms with Crippen molar-refractivity contribution in [2.45, 2.75) is 64.5 Å². The number of hydrogen-bond donors (Lipinski definition) is 3. The van der Waals surface area contributed by atoms with Crippen LogP contribution >= 0.6 is 24.0 Å². The van der Waals surface area contributed by atoms with Gasteiger partial charge in [0.05, 0.1) is 6.54 Å². The number of aliphatic imine (C=N–C) groups is 1. The highest BCUT2D eigenvalue weighted by molar-refractivity contribution is 14.0. The van der Waals surface area contributed by atoms with Crippen molar-refractivity contribution >= 4 is 35.8 Å². The summed E-state index contributed by atoms with van der Waals surface area (Å²) < 4.78 is 0. The van der Waals surface area contributed by atoms with Gasteiger partial charge in [-0.1, -0.05) is 13.8 Å². The van der Waals surface area contributed by atoms with E-state index in [1.165, 1.54) is 25.7 Å². The van der Waals surface area contributed by atoms with E-state index in [0.29, 0.717) is 18.6 Å². The van der Waals surface area contributed by atoms with Gasteiger partial charge < -0.3 is 16.0 Å². The first-order valence-corrected chi connectivity index (χ1v) is 8.35. The molecule has 0 saturated heterocycles. The first-order chi connectivity index (χ1) is 10.1. The van der Waals surface area contributed by atoms with Crippen LogP contribution in [-0.2, 0) is 4.79 Å². The van der Waals surface area contributed by atoms with Gasteiger partial charge in [0.25, 0.3) is 0 Å². The number of halogens is 1. The monoisotopic (exact) mass is 422 g/mol. The van der Waals surface area contributed by atoms with E-state index >= 15 is 0 Å². The lowest BCUT2D eigenvalue weighted by molar-refractivity contribution is -0.120. The van der Waals surface area contributed by atoms with Gasteiger partial charge in [-0.25, -0.2) is 0 Å². The van der Waals surface area contributed by atoms with Crippen LogP contribution in [-0.4, -0.2) is 37.5 Å². The lowest BCUT2D eigenvalue weighted by Gasteiger charge is -2.32.